The number of hydrogen-bond donors (Lipinski definition) is 2. The second kappa shape index (κ2) is 10.1. The first-order chi connectivity index (χ1) is 13.0. The quantitative estimate of drug-likeness (QED) is 0.640. The number of anilines is 1. The van der Waals surface area contributed by atoms with E-state index in [0.717, 1.165) is 12.0 Å². The molecule has 2 rings (SSSR count). The molecule has 27 heavy (non-hydrogen) atoms. The number of hydrogen-bond acceptors (Lipinski definition) is 5. The van der Waals surface area contributed by atoms with Crippen LogP contribution in [0, 0.1) is 0 Å². The van der Waals surface area contributed by atoms with Crippen LogP contribution in [0.1, 0.15) is 5.56 Å². The highest BCUT2D eigenvalue weighted by Crippen LogP contribution is 2.35. The predicted molar refractivity (Wildman–Crippen MR) is 112 cm³/mol. The van der Waals surface area contributed by atoms with Crippen LogP contribution < -0.4 is 29.6 Å². The minimum Gasteiger partial charge on any atom is -0.495 e. The largest absolute Gasteiger partial charge is 0.495 e. The van der Waals surface area contributed by atoms with Crippen molar-refractivity contribution >= 4 is 34.6 Å². The molecule has 0 unspecified atom stereocenters. The molecule has 2 N–H and O–H groups in total. The molecule has 6 nitrogen and oxygen atoms in total. The van der Waals surface area contributed by atoms with Gasteiger partial charge >= 0.3 is 0 Å². The minimum absolute atomic E-state index is 0.465. The third-order valence-corrected chi connectivity index (χ3v) is 4.41. The highest BCUT2D eigenvalue weighted by Gasteiger charge is 2.11. The molecular weight excluding hydrogens is 388 g/mol. The maximum atomic E-state index is 6.11. The van der Waals surface area contributed by atoms with E-state index in [2.05, 4.69) is 10.6 Å². The molecule has 2 aromatic carbocycles. The van der Waals surface area contributed by atoms with E-state index in [0.29, 0.717) is 45.4 Å². The van der Waals surface area contributed by atoms with Crippen molar-refractivity contribution in [3.8, 4) is 23.0 Å². The summed E-state index contributed by atoms with van der Waals surface area (Å²) < 4.78 is 21.1. The molecule has 0 aromatic heterocycles. The summed E-state index contributed by atoms with van der Waals surface area (Å²) in [6, 6.07) is 9.24. The Morgan fingerprint density at radius 3 is 2.19 bits per heavy atom. The summed E-state index contributed by atoms with van der Waals surface area (Å²) in [6.45, 7) is 0.647. The molecule has 0 saturated carbocycles. The van der Waals surface area contributed by atoms with Crippen LogP contribution in [0.5, 0.6) is 23.0 Å². The number of benzene rings is 2. The van der Waals surface area contributed by atoms with Gasteiger partial charge in [-0.3, -0.25) is 0 Å². The molecule has 0 saturated heterocycles. The average Bonchev–Trinajstić information content (AvgIpc) is 2.68. The first kappa shape index (κ1) is 20.9. The number of rotatable bonds is 8. The molecule has 0 amide bonds. The Balaban J connectivity index is 1.95. The van der Waals surface area contributed by atoms with E-state index < -0.39 is 0 Å². The van der Waals surface area contributed by atoms with Crippen LogP contribution in [0.3, 0.4) is 0 Å². The van der Waals surface area contributed by atoms with Crippen LogP contribution in [-0.4, -0.2) is 40.1 Å². The van der Waals surface area contributed by atoms with E-state index in [-0.39, 0.29) is 0 Å². The third-order valence-electron chi connectivity index (χ3n) is 3.87. The van der Waals surface area contributed by atoms with Crippen molar-refractivity contribution < 1.29 is 18.9 Å². The van der Waals surface area contributed by atoms with Gasteiger partial charge in [-0.05, 0) is 36.3 Å². The zero-order chi connectivity index (χ0) is 19.8. The lowest BCUT2D eigenvalue weighted by molar-refractivity contribution is 0.354. The van der Waals surface area contributed by atoms with Crippen molar-refractivity contribution in [1.82, 2.24) is 5.32 Å². The second-order valence-electron chi connectivity index (χ2n) is 5.51. The summed E-state index contributed by atoms with van der Waals surface area (Å²) in [7, 11) is 6.35. The fourth-order valence-corrected chi connectivity index (χ4v) is 2.92. The molecule has 0 heterocycles. The molecule has 0 bridgehead atoms. The number of ether oxygens (including phenoxy) is 4. The molecule has 146 valence electrons. The maximum absolute atomic E-state index is 6.11. The average molecular weight is 411 g/mol. The second-order valence-corrected chi connectivity index (χ2v) is 6.32. The summed E-state index contributed by atoms with van der Waals surface area (Å²) in [5, 5.41) is 7.21. The fourth-order valence-electron chi connectivity index (χ4n) is 2.48. The molecule has 0 aliphatic heterocycles. The summed E-state index contributed by atoms with van der Waals surface area (Å²) in [5.41, 5.74) is 1.77. The van der Waals surface area contributed by atoms with Gasteiger partial charge in [0.05, 0.1) is 39.1 Å². The van der Waals surface area contributed by atoms with E-state index in [9.17, 15) is 0 Å². The van der Waals surface area contributed by atoms with Crippen LogP contribution >= 0.6 is 23.8 Å². The van der Waals surface area contributed by atoms with Crippen LogP contribution in [0.4, 0.5) is 5.69 Å². The molecule has 0 aliphatic rings. The molecule has 0 radical (unpaired) electrons. The van der Waals surface area contributed by atoms with Crippen molar-refractivity contribution in [3.63, 3.8) is 0 Å². The van der Waals surface area contributed by atoms with Gasteiger partial charge in [0.2, 0.25) is 0 Å². The Hall–Kier alpha value is -2.38. The van der Waals surface area contributed by atoms with Gasteiger partial charge in [-0.15, -0.1) is 0 Å². The summed E-state index contributed by atoms with van der Waals surface area (Å²) in [4.78, 5) is 0. The van der Waals surface area contributed by atoms with Crippen LogP contribution in [0.25, 0.3) is 0 Å². The van der Waals surface area contributed by atoms with Crippen molar-refractivity contribution in [2.45, 2.75) is 6.42 Å². The van der Waals surface area contributed by atoms with E-state index in [1.807, 2.05) is 18.2 Å². The van der Waals surface area contributed by atoms with Crippen molar-refractivity contribution in [2.75, 3.05) is 40.3 Å². The topological polar surface area (TPSA) is 61.0 Å². The Morgan fingerprint density at radius 1 is 0.889 bits per heavy atom. The van der Waals surface area contributed by atoms with Crippen molar-refractivity contribution in [1.29, 1.82) is 0 Å². The lowest BCUT2D eigenvalue weighted by Gasteiger charge is -2.15. The molecule has 0 atom stereocenters. The van der Waals surface area contributed by atoms with Crippen LogP contribution in [0.2, 0.25) is 5.02 Å². The lowest BCUT2D eigenvalue weighted by atomic mass is 10.1. The monoisotopic (exact) mass is 410 g/mol. The predicted octanol–water partition coefficient (Wildman–Crippen LogP) is 3.90. The highest BCUT2D eigenvalue weighted by atomic mass is 35.5. The molecule has 8 heteroatoms. The van der Waals surface area contributed by atoms with Crippen LogP contribution in [0.15, 0.2) is 30.3 Å². The van der Waals surface area contributed by atoms with Gasteiger partial charge in [-0.1, -0.05) is 17.7 Å². The zero-order valence-electron chi connectivity index (χ0n) is 15.7. The molecular formula is C19H23ClN2O4S. The van der Waals surface area contributed by atoms with Crippen LogP contribution in [-0.2, 0) is 6.42 Å². The van der Waals surface area contributed by atoms with E-state index in [1.54, 1.807) is 40.6 Å². The SMILES string of the molecule is COc1cc(NC(=S)NCCc2ccc(OC)c(OC)c2)c(OC)cc1Cl. The van der Waals surface area contributed by atoms with E-state index in [4.69, 9.17) is 42.8 Å². The van der Waals surface area contributed by atoms with Gasteiger partial charge < -0.3 is 29.6 Å². The van der Waals surface area contributed by atoms with Gasteiger partial charge in [0.15, 0.2) is 16.6 Å². The Kier molecular flexibility index (Phi) is 7.82. The normalized spacial score (nSPS) is 10.1. The number of nitrogens with one attached hydrogen (secondary N) is 2. The Labute approximate surface area is 169 Å². The summed E-state index contributed by atoms with van der Waals surface area (Å²) in [5.74, 6) is 2.52. The standard InChI is InChI=1S/C19H23ClN2O4S/c1-23-15-6-5-12(9-18(15)26-4)7-8-21-19(27)22-14-11-16(24-2)13(20)10-17(14)25-3/h5-6,9-11H,7-8H2,1-4H3,(H2,21,22,27). The number of methoxy groups -OCH3 is 4. The summed E-state index contributed by atoms with van der Waals surface area (Å²) in [6.07, 6.45) is 0.767. The van der Waals surface area contributed by atoms with Crippen molar-refractivity contribution in [2.24, 2.45) is 0 Å². The zero-order valence-corrected chi connectivity index (χ0v) is 17.3. The lowest BCUT2D eigenvalue weighted by Crippen LogP contribution is -2.30. The first-order valence-corrected chi connectivity index (χ1v) is 8.98. The highest BCUT2D eigenvalue weighted by molar-refractivity contribution is 7.80. The van der Waals surface area contributed by atoms with E-state index in [1.165, 1.54) is 0 Å². The fraction of sp³-hybridized carbons (Fsp3) is 0.316. The first-order valence-electron chi connectivity index (χ1n) is 8.19. The van der Waals surface area contributed by atoms with Crippen molar-refractivity contribution in [3.05, 3.63) is 40.9 Å². The number of halogens is 1. The van der Waals surface area contributed by atoms with Gasteiger partial charge in [-0.2, -0.15) is 0 Å². The third kappa shape index (κ3) is 5.55. The van der Waals surface area contributed by atoms with Gasteiger partial charge in [0.25, 0.3) is 0 Å². The molecule has 2 aromatic rings. The molecule has 0 spiro atoms. The van der Waals surface area contributed by atoms with Gasteiger partial charge in [-0.25, -0.2) is 0 Å². The Bertz CT molecular complexity index is 802. The van der Waals surface area contributed by atoms with E-state index >= 15 is 0 Å². The van der Waals surface area contributed by atoms with Gasteiger partial charge in [0.1, 0.15) is 11.5 Å². The maximum Gasteiger partial charge on any atom is 0.170 e. The van der Waals surface area contributed by atoms with Gasteiger partial charge in [0, 0.05) is 18.7 Å². The minimum atomic E-state index is 0.465. The molecule has 0 fully saturated rings. The summed E-state index contributed by atoms with van der Waals surface area (Å²) >= 11 is 11.5. The number of thiocarbonyl (C=S) groups is 1. The Morgan fingerprint density at radius 2 is 1.56 bits per heavy atom. The molecule has 0 aliphatic carbocycles. The smallest absolute Gasteiger partial charge is 0.170 e.